The van der Waals surface area contributed by atoms with Crippen molar-refractivity contribution in [3.63, 3.8) is 0 Å². The molecule has 0 aromatic heterocycles. The van der Waals surface area contributed by atoms with Crippen LogP contribution in [0.5, 0.6) is 0 Å². The Labute approximate surface area is 113 Å². The third-order valence-corrected chi connectivity index (χ3v) is 3.29. The van der Waals surface area contributed by atoms with Crippen molar-refractivity contribution < 1.29 is 18.8 Å². The zero-order valence-electron chi connectivity index (χ0n) is 9.62. The minimum absolute atomic E-state index is 0.186. The van der Waals surface area contributed by atoms with Gasteiger partial charge in [0.05, 0.1) is 5.56 Å². The zero-order valence-corrected chi connectivity index (χ0v) is 11.2. The van der Waals surface area contributed by atoms with Gasteiger partial charge in [-0.15, -0.1) is 0 Å². The van der Waals surface area contributed by atoms with E-state index in [1.54, 1.807) is 0 Å². The van der Waals surface area contributed by atoms with Gasteiger partial charge in [-0.25, -0.2) is 14.7 Å². The molecular formula is C12H13BrFNO3. The first-order chi connectivity index (χ1) is 8.66. The molecule has 0 radical (unpaired) electrons. The molecule has 0 unspecified atom stereocenters. The van der Waals surface area contributed by atoms with Gasteiger partial charge in [-0.3, -0.25) is 4.79 Å². The molecule has 2 rings (SSSR count). The van der Waals surface area contributed by atoms with E-state index in [-0.39, 0.29) is 5.56 Å². The van der Waals surface area contributed by atoms with Crippen LogP contribution in [0.3, 0.4) is 0 Å². The molecule has 4 nitrogen and oxygen atoms in total. The molecule has 1 aliphatic rings. The number of hydrogen-bond donors (Lipinski definition) is 1. The first kappa shape index (κ1) is 13.5. The van der Waals surface area contributed by atoms with Gasteiger partial charge in [-0.2, -0.15) is 0 Å². The highest BCUT2D eigenvalue weighted by atomic mass is 79.9. The molecule has 1 heterocycles. The summed E-state index contributed by atoms with van der Waals surface area (Å²) in [6, 6.07) is 3.89. The lowest BCUT2D eigenvalue weighted by Crippen LogP contribution is -2.33. The summed E-state index contributed by atoms with van der Waals surface area (Å²) in [7, 11) is 0. The molecule has 1 aromatic rings. The van der Waals surface area contributed by atoms with Crippen LogP contribution in [0.1, 0.15) is 29.6 Å². The van der Waals surface area contributed by atoms with Crippen LogP contribution in [0.15, 0.2) is 22.7 Å². The van der Waals surface area contributed by atoms with Crippen molar-refractivity contribution in [2.75, 3.05) is 6.61 Å². The molecule has 1 aromatic carbocycles. The number of carbonyl (C=O) groups excluding carboxylic acids is 1. The van der Waals surface area contributed by atoms with Crippen LogP contribution in [-0.2, 0) is 9.57 Å². The molecule has 1 atom stereocenters. The number of rotatable bonds is 3. The van der Waals surface area contributed by atoms with Crippen LogP contribution in [0.2, 0.25) is 0 Å². The lowest BCUT2D eigenvalue weighted by atomic mass is 10.2. The Bertz CT molecular complexity index is 435. The number of benzene rings is 1. The van der Waals surface area contributed by atoms with Gasteiger partial charge < -0.3 is 4.74 Å². The van der Waals surface area contributed by atoms with Crippen molar-refractivity contribution in [3.8, 4) is 0 Å². The van der Waals surface area contributed by atoms with Crippen LogP contribution < -0.4 is 5.48 Å². The highest BCUT2D eigenvalue weighted by Crippen LogP contribution is 2.18. The second-order valence-corrected chi connectivity index (χ2v) is 4.82. The predicted octanol–water partition coefficient (Wildman–Crippen LogP) is 2.78. The highest BCUT2D eigenvalue weighted by molar-refractivity contribution is 9.10. The van der Waals surface area contributed by atoms with Gasteiger partial charge in [0, 0.05) is 17.5 Å². The second kappa shape index (κ2) is 6.26. The van der Waals surface area contributed by atoms with Crippen molar-refractivity contribution in [2.24, 2.45) is 0 Å². The van der Waals surface area contributed by atoms with Gasteiger partial charge in [-0.05, 0) is 47.0 Å². The Balaban J connectivity index is 1.92. The van der Waals surface area contributed by atoms with Crippen LogP contribution in [0.25, 0.3) is 0 Å². The van der Waals surface area contributed by atoms with Crippen LogP contribution >= 0.6 is 15.9 Å². The topological polar surface area (TPSA) is 47.6 Å². The van der Waals surface area contributed by atoms with Gasteiger partial charge in [0.2, 0.25) is 0 Å². The molecule has 98 valence electrons. The maximum atomic E-state index is 13.0. The molecule has 1 fully saturated rings. The third-order valence-electron chi connectivity index (χ3n) is 2.59. The number of halogens is 2. The summed E-state index contributed by atoms with van der Waals surface area (Å²) in [6.07, 6.45) is 2.33. The molecule has 0 spiro atoms. The van der Waals surface area contributed by atoms with Gasteiger partial charge in [0.15, 0.2) is 6.29 Å². The second-order valence-electron chi connectivity index (χ2n) is 3.97. The SMILES string of the molecule is O=C(NO[C@H]1CCCCO1)c1cc(F)ccc1Br. The monoisotopic (exact) mass is 317 g/mol. The maximum absolute atomic E-state index is 13.0. The molecule has 18 heavy (non-hydrogen) atoms. The largest absolute Gasteiger partial charge is 0.350 e. The normalized spacial score (nSPS) is 19.6. The molecular weight excluding hydrogens is 305 g/mol. The number of carbonyl (C=O) groups is 1. The average molecular weight is 318 g/mol. The summed E-state index contributed by atoms with van der Waals surface area (Å²) < 4.78 is 18.8. The van der Waals surface area contributed by atoms with Crippen molar-refractivity contribution >= 4 is 21.8 Å². The molecule has 1 N–H and O–H groups in total. The molecule has 1 aliphatic heterocycles. The van der Waals surface area contributed by atoms with Gasteiger partial charge >= 0.3 is 0 Å². The Hall–Kier alpha value is -0.980. The van der Waals surface area contributed by atoms with Crippen molar-refractivity contribution in [1.82, 2.24) is 5.48 Å². The summed E-state index contributed by atoms with van der Waals surface area (Å²) in [4.78, 5) is 16.9. The fraction of sp³-hybridized carbons (Fsp3) is 0.417. The molecule has 0 bridgehead atoms. The first-order valence-electron chi connectivity index (χ1n) is 5.69. The number of hydrogen-bond acceptors (Lipinski definition) is 3. The van der Waals surface area contributed by atoms with E-state index in [1.165, 1.54) is 12.1 Å². The Kier molecular flexibility index (Phi) is 4.68. The predicted molar refractivity (Wildman–Crippen MR) is 66.2 cm³/mol. The van der Waals surface area contributed by atoms with Crippen LogP contribution in [0.4, 0.5) is 4.39 Å². The summed E-state index contributed by atoms with van der Waals surface area (Å²) in [5.41, 5.74) is 2.46. The Morgan fingerprint density at radius 2 is 2.33 bits per heavy atom. The number of amides is 1. The maximum Gasteiger partial charge on any atom is 0.276 e. The molecule has 0 aliphatic carbocycles. The fourth-order valence-electron chi connectivity index (χ4n) is 1.65. The molecule has 1 amide bonds. The molecule has 6 heteroatoms. The van der Waals surface area contributed by atoms with E-state index in [0.29, 0.717) is 11.1 Å². The standard InChI is InChI=1S/C12H13BrFNO3/c13-10-5-4-8(14)7-9(10)12(16)15-18-11-3-1-2-6-17-11/h4-5,7,11H,1-3,6H2,(H,15,16)/t11-/m0/s1. The van der Waals surface area contributed by atoms with Crippen molar-refractivity contribution in [1.29, 1.82) is 0 Å². The van der Waals surface area contributed by atoms with Gasteiger partial charge in [0.1, 0.15) is 5.82 Å². The summed E-state index contributed by atoms with van der Waals surface area (Å²) in [5, 5.41) is 0. The number of nitrogens with one attached hydrogen (secondary N) is 1. The summed E-state index contributed by atoms with van der Waals surface area (Å²) in [6.45, 7) is 0.629. The lowest BCUT2D eigenvalue weighted by molar-refractivity contribution is -0.186. The van der Waals surface area contributed by atoms with E-state index in [9.17, 15) is 9.18 Å². The van der Waals surface area contributed by atoms with E-state index in [0.717, 1.165) is 25.3 Å². The van der Waals surface area contributed by atoms with Crippen molar-refractivity contribution in [2.45, 2.75) is 25.6 Å². The molecule has 1 saturated heterocycles. The third kappa shape index (κ3) is 3.51. The van der Waals surface area contributed by atoms with Crippen molar-refractivity contribution in [3.05, 3.63) is 34.1 Å². The lowest BCUT2D eigenvalue weighted by Gasteiger charge is -2.22. The highest BCUT2D eigenvalue weighted by Gasteiger charge is 2.17. The zero-order chi connectivity index (χ0) is 13.0. The van der Waals surface area contributed by atoms with Crippen LogP contribution in [-0.4, -0.2) is 18.8 Å². The van der Waals surface area contributed by atoms with E-state index in [4.69, 9.17) is 9.57 Å². The van der Waals surface area contributed by atoms with E-state index in [1.807, 2.05) is 0 Å². The van der Waals surface area contributed by atoms with Gasteiger partial charge in [0.25, 0.3) is 5.91 Å². The average Bonchev–Trinajstić information content (AvgIpc) is 2.40. The Morgan fingerprint density at radius 1 is 1.50 bits per heavy atom. The quantitative estimate of drug-likeness (QED) is 0.872. The van der Waals surface area contributed by atoms with E-state index in [2.05, 4.69) is 21.4 Å². The first-order valence-corrected chi connectivity index (χ1v) is 6.49. The Morgan fingerprint density at radius 3 is 3.06 bits per heavy atom. The minimum Gasteiger partial charge on any atom is -0.350 e. The summed E-state index contributed by atoms with van der Waals surface area (Å²) in [5.74, 6) is -0.979. The van der Waals surface area contributed by atoms with E-state index < -0.39 is 18.0 Å². The summed E-state index contributed by atoms with van der Waals surface area (Å²) >= 11 is 3.18. The smallest absolute Gasteiger partial charge is 0.276 e. The molecule has 0 saturated carbocycles. The number of ether oxygens (including phenoxy) is 1. The van der Waals surface area contributed by atoms with Gasteiger partial charge in [-0.1, -0.05) is 0 Å². The fourth-order valence-corrected chi connectivity index (χ4v) is 2.08. The number of hydroxylamine groups is 1. The minimum atomic E-state index is -0.504. The van der Waals surface area contributed by atoms with E-state index >= 15 is 0 Å². The van der Waals surface area contributed by atoms with Crippen LogP contribution in [0, 0.1) is 5.82 Å².